The minimum Gasteiger partial charge on any atom is -0.478 e. The van der Waals surface area contributed by atoms with Crippen LogP contribution in [0.1, 0.15) is 23.2 Å². The van der Waals surface area contributed by atoms with Crippen molar-refractivity contribution in [2.45, 2.75) is 18.9 Å². The number of hydrogen-bond donors (Lipinski definition) is 2. The molecule has 0 saturated carbocycles. The summed E-state index contributed by atoms with van der Waals surface area (Å²) in [5.74, 6) is -0.757. The summed E-state index contributed by atoms with van der Waals surface area (Å²) in [7, 11) is 0. The molecular weight excluding hydrogens is 272 g/mol. The molecule has 1 aliphatic heterocycles. The molecule has 1 aliphatic rings. The molecule has 1 aromatic carbocycles. The first-order valence-corrected chi connectivity index (χ1v) is 6.62. The maximum atomic E-state index is 11.5. The molecular formula is C14H14N4O3. The Morgan fingerprint density at radius 1 is 1.33 bits per heavy atom. The van der Waals surface area contributed by atoms with Crippen LogP contribution in [0.2, 0.25) is 0 Å². The molecule has 1 saturated heterocycles. The number of primary amides is 1. The second-order valence-electron chi connectivity index (χ2n) is 4.99. The quantitative estimate of drug-likeness (QED) is 0.863. The number of amides is 1. The lowest BCUT2D eigenvalue weighted by atomic mass is 10.1. The van der Waals surface area contributed by atoms with E-state index in [-0.39, 0.29) is 17.5 Å². The van der Waals surface area contributed by atoms with Gasteiger partial charge in [0, 0.05) is 11.9 Å². The van der Waals surface area contributed by atoms with Crippen molar-refractivity contribution >= 4 is 28.6 Å². The van der Waals surface area contributed by atoms with Gasteiger partial charge in [0.2, 0.25) is 5.91 Å². The largest absolute Gasteiger partial charge is 0.478 e. The van der Waals surface area contributed by atoms with Crippen molar-refractivity contribution in [1.82, 2.24) is 9.97 Å². The highest BCUT2D eigenvalue weighted by molar-refractivity contribution is 5.97. The zero-order valence-corrected chi connectivity index (χ0v) is 11.2. The highest BCUT2D eigenvalue weighted by Crippen LogP contribution is 2.29. The molecule has 1 unspecified atom stereocenters. The number of rotatable bonds is 3. The summed E-state index contributed by atoms with van der Waals surface area (Å²) in [5, 5.41) is 9.74. The van der Waals surface area contributed by atoms with E-state index in [9.17, 15) is 9.59 Å². The number of carbonyl (C=O) groups excluding carboxylic acids is 1. The number of carboxylic acid groups (broad SMARTS) is 1. The van der Waals surface area contributed by atoms with E-state index in [1.807, 2.05) is 4.90 Å². The average molecular weight is 286 g/mol. The molecule has 108 valence electrons. The van der Waals surface area contributed by atoms with Crippen LogP contribution in [0.25, 0.3) is 10.9 Å². The highest BCUT2D eigenvalue weighted by atomic mass is 16.4. The number of aromatic carboxylic acids is 1. The lowest BCUT2D eigenvalue weighted by molar-refractivity contribution is -0.119. The zero-order chi connectivity index (χ0) is 15.0. The van der Waals surface area contributed by atoms with E-state index in [0.717, 1.165) is 11.8 Å². The minimum atomic E-state index is -1.01. The molecule has 1 aromatic heterocycles. The smallest absolute Gasteiger partial charge is 0.335 e. The normalized spacial score (nSPS) is 18.1. The first kappa shape index (κ1) is 13.3. The Hall–Kier alpha value is -2.70. The summed E-state index contributed by atoms with van der Waals surface area (Å²) < 4.78 is 0. The van der Waals surface area contributed by atoms with E-state index in [4.69, 9.17) is 10.8 Å². The Morgan fingerprint density at radius 2 is 2.14 bits per heavy atom. The molecule has 1 fully saturated rings. The van der Waals surface area contributed by atoms with Crippen LogP contribution in [-0.4, -0.2) is 39.5 Å². The van der Waals surface area contributed by atoms with E-state index in [0.29, 0.717) is 24.3 Å². The number of aromatic nitrogens is 2. The monoisotopic (exact) mass is 286 g/mol. The molecule has 21 heavy (non-hydrogen) atoms. The van der Waals surface area contributed by atoms with Crippen LogP contribution in [0.3, 0.4) is 0 Å². The summed E-state index contributed by atoms with van der Waals surface area (Å²) >= 11 is 0. The molecule has 2 aromatic rings. The number of fused-ring (bicyclic) bond motifs is 1. The van der Waals surface area contributed by atoms with E-state index in [1.165, 1.54) is 18.5 Å². The number of nitrogens with zero attached hydrogens (tertiary/aromatic N) is 3. The van der Waals surface area contributed by atoms with E-state index < -0.39 is 5.97 Å². The number of nitrogens with two attached hydrogens (primary N) is 1. The molecule has 3 rings (SSSR count). The van der Waals surface area contributed by atoms with Gasteiger partial charge in [0.15, 0.2) is 0 Å². The van der Waals surface area contributed by atoms with Crippen molar-refractivity contribution in [2.75, 3.05) is 11.4 Å². The third kappa shape index (κ3) is 2.26. The van der Waals surface area contributed by atoms with Crippen LogP contribution in [0, 0.1) is 0 Å². The molecule has 2 heterocycles. The van der Waals surface area contributed by atoms with Crippen molar-refractivity contribution in [1.29, 1.82) is 0 Å². The number of benzene rings is 1. The zero-order valence-electron chi connectivity index (χ0n) is 11.2. The van der Waals surface area contributed by atoms with Crippen LogP contribution in [-0.2, 0) is 4.79 Å². The van der Waals surface area contributed by atoms with Crippen LogP contribution in [0.5, 0.6) is 0 Å². The Labute approximate surface area is 120 Å². The molecule has 0 spiro atoms. The first-order valence-electron chi connectivity index (χ1n) is 6.62. The van der Waals surface area contributed by atoms with Gasteiger partial charge in [0.1, 0.15) is 18.2 Å². The fraction of sp³-hybridized carbons (Fsp3) is 0.286. The van der Waals surface area contributed by atoms with Crippen LogP contribution in [0.4, 0.5) is 5.82 Å². The van der Waals surface area contributed by atoms with Gasteiger partial charge >= 0.3 is 5.97 Å². The van der Waals surface area contributed by atoms with Crippen LogP contribution < -0.4 is 10.6 Å². The van der Waals surface area contributed by atoms with Crippen molar-refractivity contribution in [2.24, 2.45) is 5.73 Å². The van der Waals surface area contributed by atoms with Crippen LogP contribution in [0.15, 0.2) is 24.5 Å². The second kappa shape index (κ2) is 5.01. The van der Waals surface area contributed by atoms with Crippen molar-refractivity contribution < 1.29 is 14.7 Å². The van der Waals surface area contributed by atoms with Gasteiger partial charge in [0.05, 0.1) is 11.1 Å². The van der Waals surface area contributed by atoms with Gasteiger partial charge in [-0.1, -0.05) is 0 Å². The van der Waals surface area contributed by atoms with E-state index in [1.54, 1.807) is 6.07 Å². The summed E-state index contributed by atoms with van der Waals surface area (Å²) in [5.41, 5.74) is 6.14. The number of hydrogen-bond acceptors (Lipinski definition) is 5. The maximum Gasteiger partial charge on any atom is 0.335 e. The molecule has 1 amide bonds. The van der Waals surface area contributed by atoms with Crippen LogP contribution >= 0.6 is 0 Å². The molecule has 1 atom stereocenters. The Kier molecular flexibility index (Phi) is 3.17. The van der Waals surface area contributed by atoms with Gasteiger partial charge in [-0.3, -0.25) is 4.79 Å². The van der Waals surface area contributed by atoms with Crippen molar-refractivity contribution in [3.05, 3.63) is 30.1 Å². The standard InChI is InChI=1S/C14H14N4O3/c15-12(19)11-2-1-5-18(11)13-9-4-3-8(14(20)21)6-10(9)16-7-17-13/h3-4,6-7,11H,1-2,5H2,(H2,15,19)(H,20,21). The van der Waals surface area contributed by atoms with Crippen molar-refractivity contribution in [3.63, 3.8) is 0 Å². The van der Waals surface area contributed by atoms with Gasteiger partial charge < -0.3 is 15.7 Å². The molecule has 7 nitrogen and oxygen atoms in total. The second-order valence-corrected chi connectivity index (χ2v) is 4.99. The van der Waals surface area contributed by atoms with Crippen molar-refractivity contribution in [3.8, 4) is 0 Å². The number of carbonyl (C=O) groups is 2. The Balaban J connectivity index is 2.11. The highest BCUT2D eigenvalue weighted by Gasteiger charge is 2.31. The molecule has 3 N–H and O–H groups in total. The molecule has 0 bridgehead atoms. The first-order chi connectivity index (χ1) is 10.1. The summed E-state index contributed by atoms with van der Waals surface area (Å²) in [6.45, 7) is 0.695. The third-order valence-corrected chi connectivity index (χ3v) is 3.72. The van der Waals surface area contributed by atoms with Gasteiger partial charge in [-0.15, -0.1) is 0 Å². The predicted octanol–water partition coefficient (Wildman–Crippen LogP) is 0.782. The molecule has 7 heteroatoms. The number of carboxylic acids is 1. The lowest BCUT2D eigenvalue weighted by Gasteiger charge is -2.24. The lowest BCUT2D eigenvalue weighted by Crippen LogP contribution is -2.40. The summed E-state index contributed by atoms with van der Waals surface area (Å²) in [6.07, 6.45) is 2.94. The van der Waals surface area contributed by atoms with Gasteiger partial charge in [-0.25, -0.2) is 14.8 Å². The van der Waals surface area contributed by atoms with E-state index >= 15 is 0 Å². The SMILES string of the molecule is NC(=O)C1CCCN1c1ncnc2cc(C(=O)O)ccc12. The Morgan fingerprint density at radius 3 is 2.86 bits per heavy atom. The number of anilines is 1. The van der Waals surface area contributed by atoms with Gasteiger partial charge in [-0.05, 0) is 31.0 Å². The summed E-state index contributed by atoms with van der Waals surface area (Å²) in [6, 6.07) is 4.30. The molecule has 0 radical (unpaired) electrons. The maximum absolute atomic E-state index is 11.5. The average Bonchev–Trinajstić information content (AvgIpc) is 2.95. The minimum absolute atomic E-state index is 0.167. The fourth-order valence-corrected chi connectivity index (χ4v) is 2.72. The predicted molar refractivity (Wildman–Crippen MR) is 76.1 cm³/mol. The topological polar surface area (TPSA) is 109 Å². The summed E-state index contributed by atoms with van der Waals surface area (Å²) in [4.78, 5) is 32.8. The fourth-order valence-electron chi connectivity index (χ4n) is 2.72. The Bertz CT molecular complexity index is 731. The van der Waals surface area contributed by atoms with E-state index in [2.05, 4.69) is 9.97 Å². The molecule has 0 aliphatic carbocycles. The van der Waals surface area contributed by atoms with Gasteiger partial charge in [-0.2, -0.15) is 0 Å². The van der Waals surface area contributed by atoms with Gasteiger partial charge in [0.25, 0.3) is 0 Å². The third-order valence-electron chi connectivity index (χ3n) is 3.72.